The van der Waals surface area contributed by atoms with Gasteiger partial charge in [0, 0.05) is 23.1 Å². The second-order valence-electron chi connectivity index (χ2n) is 13.2. The molecule has 0 saturated carbocycles. The first-order valence-corrected chi connectivity index (χ1v) is 17.3. The van der Waals surface area contributed by atoms with Gasteiger partial charge in [0.2, 0.25) is 11.9 Å². The molecule has 20 heteroatoms. The Balaban J connectivity index is 0.000000179. The number of aromatic nitrogens is 9. The van der Waals surface area contributed by atoms with Crippen LogP contribution in [-0.2, 0) is 25.4 Å². The highest BCUT2D eigenvalue weighted by Crippen LogP contribution is 2.36. The van der Waals surface area contributed by atoms with Crippen LogP contribution in [0.3, 0.4) is 0 Å². The molecule has 5 aromatic heterocycles. The summed E-state index contributed by atoms with van der Waals surface area (Å²) in [6, 6.07) is 20.1. The molecule has 0 aliphatic heterocycles. The van der Waals surface area contributed by atoms with Crippen molar-refractivity contribution in [3.8, 4) is 28.7 Å². The van der Waals surface area contributed by atoms with E-state index in [1.807, 2.05) is 19.1 Å². The second-order valence-corrected chi connectivity index (χ2v) is 13.2. The van der Waals surface area contributed by atoms with Crippen molar-refractivity contribution in [2.45, 2.75) is 32.4 Å². The summed E-state index contributed by atoms with van der Waals surface area (Å²) < 4.78 is 81.8. The number of nitrogen functional groups attached to an aromatic ring is 4. The molecule has 8 aromatic rings. The van der Waals surface area contributed by atoms with Gasteiger partial charge in [-0.1, -0.05) is 24.3 Å². The molecular weight excluding hydrogens is 779 g/mol. The molecule has 0 aliphatic carbocycles. The number of nitrogens with two attached hydrogens (primary N) is 4. The third-order valence-corrected chi connectivity index (χ3v) is 8.96. The monoisotopic (exact) mass is 808 g/mol. The van der Waals surface area contributed by atoms with Gasteiger partial charge in [-0.3, -0.25) is 4.98 Å². The van der Waals surface area contributed by atoms with Crippen molar-refractivity contribution < 1.29 is 26.3 Å². The molecule has 5 heterocycles. The zero-order valence-electron chi connectivity index (χ0n) is 30.6. The summed E-state index contributed by atoms with van der Waals surface area (Å²) in [6.07, 6.45) is -4.37. The molecule has 0 aliphatic rings. The number of nitrogens with zero attached hydrogens (tertiary/aromatic N) is 10. The van der Waals surface area contributed by atoms with Crippen molar-refractivity contribution in [2.75, 3.05) is 22.9 Å². The van der Waals surface area contributed by atoms with Crippen LogP contribution in [0.4, 0.5) is 49.6 Å². The van der Waals surface area contributed by atoms with Gasteiger partial charge >= 0.3 is 12.4 Å². The van der Waals surface area contributed by atoms with Gasteiger partial charge in [0.05, 0.1) is 70.4 Å². The molecule has 8 rings (SSSR count). The first-order chi connectivity index (χ1) is 28.0. The first-order valence-electron chi connectivity index (χ1n) is 17.3. The van der Waals surface area contributed by atoms with Gasteiger partial charge in [-0.25, -0.2) is 19.3 Å². The molecule has 0 amide bonds. The smallest absolute Gasteiger partial charge is 0.398 e. The van der Waals surface area contributed by atoms with Gasteiger partial charge < -0.3 is 22.9 Å². The van der Waals surface area contributed by atoms with Crippen molar-refractivity contribution in [1.29, 1.82) is 5.26 Å². The van der Waals surface area contributed by atoms with Gasteiger partial charge in [-0.15, -0.1) is 0 Å². The fourth-order valence-electron chi connectivity index (χ4n) is 6.23. The lowest BCUT2D eigenvalue weighted by Crippen LogP contribution is -2.11. The minimum absolute atomic E-state index is 0.0186. The number of anilines is 4. The number of aryl methyl sites for hydroxylation is 1. The Morgan fingerprint density at radius 3 is 1.68 bits per heavy atom. The Kier molecular flexibility index (Phi) is 10.2. The normalized spacial score (nSPS) is 11.7. The van der Waals surface area contributed by atoms with E-state index in [0.717, 1.165) is 17.7 Å². The second kappa shape index (κ2) is 15.3. The molecule has 0 spiro atoms. The number of fused-ring (bicyclic) bond motifs is 2. The zero-order chi connectivity index (χ0) is 42.2. The van der Waals surface area contributed by atoms with E-state index >= 15 is 0 Å². The molecule has 0 fully saturated rings. The third kappa shape index (κ3) is 8.34. The van der Waals surface area contributed by atoms with E-state index in [9.17, 15) is 26.3 Å². The number of hydrogen-bond acceptors (Lipinski definition) is 12. The fourth-order valence-corrected chi connectivity index (χ4v) is 6.23. The Bertz CT molecular complexity index is 2910. The Hall–Kier alpha value is -7.82. The highest BCUT2D eigenvalue weighted by Gasteiger charge is 2.34. The van der Waals surface area contributed by atoms with E-state index in [4.69, 9.17) is 28.2 Å². The van der Waals surface area contributed by atoms with Gasteiger partial charge in [-0.05, 0) is 72.1 Å². The minimum atomic E-state index is -4.56. The molecule has 59 heavy (non-hydrogen) atoms. The first kappa shape index (κ1) is 39.4. The van der Waals surface area contributed by atoms with Crippen LogP contribution < -0.4 is 22.9 Å². The number of pyridine rings is 1. The molecule has 3 aromatic carbocycles. The lowest BCUT2D eigenvalue weighted by Gasteiger charge is -2.12. The highest BCUT2D eigenvalue weighted by atomic mass is 19.4. The third-order valence-electron chi connectivity index (χ3n) is 8.96. The lowest BCUT2D eigenvalue weighted by atomic mass is 10.1. The van der Waals surface area contributed by atoms with Crippen LogP contribution in [0.5, 0.6) is 0 Å². The Labute approximate surface area is 329 Å². The van der Waals surface area contributed by atoms with Crippen LogP contribution in [0.15, 0.2) is 91.4 Å². The minimum Gasteiger partial charge on any atom is -0.398 e. The highest BCUT2D eigenvalue weighted by molar-refractivity contribution is 5.91. The number of nitriles is 1. The van der Waals surface area contributed by atoms with Crippen molar-refractivity contribution in [3.05, 3.63) is 125 Å². The average molecular weight is 809 g/mol. The standard InChI is InChI=1S/C20H14F3N7.C19H16F3N7/c21-20(22,23)15-7-12(4-5-16(15)25)10-30-18-14(9-27-30)17(28-19(26)29-18)13-3-1-2-11(6-13)8-24;1-10-4-5-25-15(6-10)16-12-8-26-29(17(12)28-18(24)27-16)9-11-2-3-14(23)13(7-11)19(20,21)22/h1-7,9H,10,25H2,(H2,26,28,29);2-8H,9,23H2,1H3,(H2,24,27,28). The maximum atomic E-state index is 13.2. The molecule has 0 atom stereocenters. The SMILES string of the molecule is Cc1ccnc(-c2nc(N)nc3c2cnn3Cc2ccc(N)c(C(F)(F)F)c2)c1.N#Cc1cccc(-c2nc(N)nc3c2cnn3Cc2ccc(N)c(C(F)(F)F)c2)c1. The van der Waals surface area contributed by atoms with Crippen molar-refractivity contribution in [3.63, 3.8) is 0 Å². The van der Waals surface area contributed by atoms with E-state index in [1.54, 1.807) is 36.7 Å². The van der Waals surface area contributed by atoms with Crippen LogP contribution in [0.25, 0.3) is 44.7 Å². The van der Waals surface area contributed by atoms with Crippen LogP contribution in [0.1, 0.15) is 33.4 Å². The summed E-state index contributed by atoms with van der Waals surface area (Å²) in [6.45, 7) is 2.01. The summed E-state index contributed by atoms with van der Waals surface area (Å²) in [7, 11) is 0. The van der Waals surface area contributed by atoms with Crippen molar-refractivity contribution >= 4 is 45.3 Å². The van der Waals surface area contributed by atoms with Gasteiger partial charge in [0.1, 0.15) is 5.69 Å². The predicted molar refractivity (Wildman–Crippen MR) is 208 cm³/mol. The maximum Gasteiger partial charge on any atom is 0.418 e. The van der Waals surface area contributed by atoms with Gasteiger partial charge in [0.25, 0.3) is 0 Å². The molecule has 0 unspecified atom stereocenters. The fraction of sp³-hybridized carbons (Fsp3) is 0.128. The lowest BCUT2D eigenvalue weighted by molar-refractivity contribution is -0.137. The largest absolute Gasteiger partial charge is 0.418 e. The molecule has 0 radical (unpaired) electrons. The topological polar surface area (TPSA) is 228 Å². The zero-order valence-corrected chi connectivity index (χ0v) is 30.6. The van der Waals surface area contributed by atoms with E-state index < -0.39 is 23.5 Å². The number of alkyl halides is 6. The quantitative estimate of drug-likeness (QED) is 0.0981. The van der Waals surface area contributed by atoms with Crippen molar-refractivity contribution in [2.24, 2.45) is 0 Å². The number of halogens is 6. The number of benzene rings is 3. The van der Waals surface area contributed by atoms with E-state index in [-0.39, 0.29) is 36.4 Å². The molecule has 14 nitrogen and oxygen atoms in total. The van der Waals surface area contributed by atoms with E-state index in [0.29, 0.717) is 61.4 Å². The van der Waals surface area contributed by atoms with Crippen LogP contribution in [0, 0.1) is 18.3 Å². The number of rotatable bonds is 6. The average Bonchev–Trinajstić information content (AvgIpc) is 3.78. The summed E-state index contributed by atoms with van der Waals surface area (Å²) in [5.74, 6) is 0.000685. The molecular formula is C39H30F6N14. The Morgan fingerprint density at radius 1 is 0.644 bits per heavy atom. The van der Waals surface area contributed by atoms with Crippen molar-refractivity contribution in [1.82, 2.24) is 44.5 Å². The van der Waals surface area contributed by atoms with Crippen LogP contribution in [0.2, 0.25) is 0 Å². The molecule has 0 bridgehead atoms. The summed E-state index contributed by atoms with van der Waals surface area (Å²) in [5.41, 5.74) is 25.4. The Morgan fingerprint density at radius 2 is 1.17 bits per heavy atom. The summed E-state index contributed by atoms with van der Waals surface area (Å²) >= 11 is 0. The number of hydrogen-bond donors (Lipinski definition) is 4. The van der Waals surface area contributed by atoms with Gasteiger partial charge in [0.15, 0.2) is 11.3 Å². The summed E-state index contributed by atoms with van der Waals surface area (Å²) in [4.78, 5) is 21.3. The predicted octanol–water partition coefficient (Wildman–Crippen LogP) is 7.02. The molecule has 8 N–H and O–H groups in total. The molecule has 0 saturated heterocycles. The van der Waals surface area contributed by atoms with Crippen LogP contribution >= 0.6 is 0 Å². The summed E-state index contributed by atoms with van der Waals surface area (Å²) in [5, 5.41) is 18.8. The van der Waals surface area contributed by atoms with E-state index in [2.05, 4.69) is 41.2 Å². The van der Waals surface area contributed by atoms with Gasteiger partial charge in [-0.2, -0.15) is 51.8 Å². The van der Waals surface area contributed by atoms with E-state index in [1.165, 1.54) is 39.8 Å². The molecule has 298 valence electrons. The maximum absolute atomic E-state index is 13.2. The van der Waals surface area contributed by atoms with Crippen LogP contribution in [-0.4, -0.2) is 44.5 Å².